The van der Waals surface area contributed by atoms with E-state index in [0.717, 1.165) is 41.0 Å². The number of aryl methyl sites for hydroxylation is 1. The fraction of sp³-hybridized carbons (Fsp3) is 0.278. The van der Waals surface area contributed by atoms with Crippen molar-refractivity contribution in [2.45, 2.75) is 25.3 Å². The highest BCUT2D eigenvalue weighted by Gasteiger charge is 2.17. The molecule has 0 spiro atoms. The normalized spacial score (nSPS) is 15.5. The Kier molecular flexibility index (Phi) is 4.11. The van der Waals surface area contributed by atoms with Crippen LogP contribution < -0.4 is 15.8 Å². The van der Waals surface area contributed by atoms with E-state index in [2.05, 4.69) is 11.4 Å². The molecule has 1 amide bonds. The van der Waals surface area contributed by atoms with Crippen LogP contribution in [0.5, 0.6) is 5.75 Å². The first-order valence-corrected chi connectivity index (χ1v) is 7.50. The number of nitrogens with one attached hydrogen (secondary N) is 1. The number of carbonyl (C=O) groups is 1. The number of para-hydroxylation sites is 1. The van der Waals surface area contributed by atoms with Crippen molar-refractivity contribution in [1.29, 1.82) is 0 Å². The van der Waals surface area contributed by atoms with Gasteiger partial charge in [-0.15, -0.1) is 0 Å². The third-order valence-corrected chi connectivity index (χ3v) is 4.09. The van der Waals surface area contributed by atoms with E-state index in [4.69, 9.17) is 10.5 Å². The van der Waals surface area contributed by atoms with Gasteiger partial charge < -0.3 is 15.8 Å². The quantitative estimate of drug-likeness (QED) is 0.915. The molecule has 1 heterocycles. The number of amides is 1. The van der Waals surface area contributed by atoms with Gasteiger partial charge in [-0.25, -0.2) is 0 Å². The minimum absolute atomic E-state index is 0.0838. The molecular weight excluding hydrogens is 276 g/mol. The average molecular weight is 296 g/mol. The number of fused-ring (bicyclic) bond motifs is 1. The molecule has 22 heavy (non-hydrogen) atoms. The van der Waals surface area contributed by atoms with Crippen molar-refractivity contribution < 1.29 is 9.53 Å². The SMILES string of the molecule is COc1ccccc1C(N)c1ccc2c(c1)CCCC(=O)N2. The van der Waals surface area contributed by atoms with E-state index in [1.165, 1.54) is 0 Å². The van der Waals surface area contributed by atoms with Gasteiger partial charge in [0.1, 0.15) is 5.75 Å². The number of nitrogens with two attached hydrogens (primary N) is 1. The first kappa shape index (κ1) is 14.6. The van der Waals surface area contributed by atoms with Crippen LogP contribution in [0.1, 0.15) is 35.6 Å². The van der Waals surface area contributed by atoms with Crippen molar-refractivity contribution in [2.75, 3.05) is 12.4 Å². The molecule has 0 radical (unpaired) electrons. The molecule has 0 aromatic heterocycles. The van der Waals surface area contributed by atoms with Crippen molar-refractivity contribution in [3.05, 3.63) is 59.2 Å². The van der Waals surface area contributed by atoms with Gasteiger partial charge >= 0.3 is 0 Å². The second-order valence-corrected chi connectivity index (χ2v) is 5.54. The van der Waals surface area contributed by atoms with Gasteiger partial charge in [0.05, 0.1) is 13.2 Å². The van der Waals surface area contributed by atoms with Crippen molar-refractivity contribution in [1.82, 2.24) is 0 Å². The summed E-state index contributed by atoms with van der Waals surface area (Å²) in [6.07, 6.45) is 2.33. The van der Waals surface area contributed by atoms with Crippen LogP contribution >= 0.6 is 0 Å². The summed E-state index contributed by atoms with van der Waals surface area (Å²) in [7, 11) is 1.65. The molecular formula is C18H20N2O2. The maximum absolute atomic E-state index is 11.6. The lowest BCUT2D eigenvalue weighted by Crippen LogP contribution is -2.14. The molecule has 2 aromatic carbocycles. The molecule has 0 saturated carbocycles. The monoisotopic (exact) mass is 296 g/mol. The highest BCUT2D eigenvalue weighted by molar-refractivity contribution is 5.92. The van der Waals surface area contributed by atoms with Crippen LogP contribution in [0, 0.1) is 0 Å². The summed E-state index contributed by atoms with van der Waals surface area (Å²) >= 11 is 0. The Labute approximate surface area is 130 Å². The zero-order valence-electron chi connectivity index (χ0n) is 12.6. The number of hydrogen-bond acceptors (Lipinski definition) is 3. The Morgan fingerprint density at radius 3 is 2.82 bits per heavy atom. The Hall–Kier alpha value is -2.33. The van der Waals surface area contributed by atoms with E-state index in [1.54, 1.807) is 7.11 Å². The summed E-state index contributed by atoms with van der Waals surface area (Å²) in [5.74, 6) is 0.874. The molecule has 1 atom stereocenters. The molecule has 0 fully saturated rings. The van der Waals surface area contributed by atoms with E-state index in [1.807, 2.05) is 36.4 Å². The van der Waals surface area contributed by atoms with Gasteiger partial charge in [0.15, 0.2) is 0 Å². The summed E-state index contributed by atoms with van der Waals surface area (Å²) in [5.41, 5.74) is 10.5. The van der Waals surface area contributed by atoms with Crippen molar-refractivity contribution in [2.24, 2.45) is 5.73 Å². The maximum Gasteiger partial charge on any atom is 0.224 e. The van der Waals surface area contributed by atoms with Gasteiger partial charge in [-0.2, -0.15) is 0 Å². The van der Waals surface area contributed by atoms with E-state index < -0.39 is 0 Å². The average Bonchev–Trinajstić information content (AvgIpc) is 2.74. The van der Waals surface area contributed by atoms with Crippen LogP contribution in [0.2, 0.25) is 0 Å². The Bertz CT molecular complexity index is 697. The Morgan fingerprint density at radius 1 is 1.18 bits per heavy atom. The molecule has 2 aromatic rings. The predicted octanol–water partition coefficient (Wildman–Crippen LogP) is 3.02. The molecule has 0 saturated heterocycles. The van der Waals surface area contributed by atoms with Crippen molar-refractivity contribution >= 4 is 11.6 Å². The van der Waals surface area contributed by atoms with Gasteiger partial charge in [0, 0.05) is 17.7 Å². The largest absolute Gasteiger partial charge is 0.496 e. The molecule has 3 rings (SSSR count). The van der Waals surface area contributed by atoms with E-state index in [0.29, 0.717) is 6.42 Å². The van der Waals surface area contributed by atoms with Gasteiger partial charge in [-0.05, 0) is 36.1 Å². The number of rotatable bonds is 3. The van der Waals surface area contributed by atoms with Crippen molar-refractivity contribution in [3.8, 4) is 5.75 Å². The minimum Gasteiger partial charge on any atom is -0.496 e. The summed E-state index contributed by atoms with van der Waals surface area (Å²) in [4.78, 5) is 11.6. The maximum atomic E-state index is 11.6. The highest BCUT2D eigenvalue weighted by atomic mass is 16.5. The summed E-state index contributed by atoms with van der Waals surface area (Å²) in [5, 5.41) is 2.95. The molecule has 1 aliphatic heterocycles. The number of hydrogen-bond donors (Lipinski definition) is 2. The van der Waals surface area contributed by atoms with Crippen LogP contribution in [-0.2, 0) is 11.2 Å². The summed E-state index contributed by atoms with van der Waals surface area (Å²) in [6.45, 7) is 0. The van der Waals surface area contributed by atoms with E-state index >= 15 is 0 Å². The second kappa shape index (κ2) is 6.20. The molecule has 1 unspecified atom stereocenters. The smallest absolute Gasteiger partial charge is 0.224 e. The minimum atomic E-state index is -0.250. The lowest BCUT2D eigenvalue weighted by atomic mass is 9.95. The zero-order valence-corrected chi connectivity index (χ0v) is 12.6. The summed E-state index contributed by atoms with van der Waals surface area (Å²) < 4.78 is 5.40. The molecule has 4 nitrogen and oxygen atoms in total. The van der Waals surface area contributed by atoms with Crippen LogP contribution in [0.4, 0.5) is 5.69 Å². The number of ether oxygens (including phenoxy) is 1. The number of methoxy groups -OCH3 is 1. The fourth-order valence-corrected chi connectivity index (χ4v) is 2.89. The number of carbonyl (C=O) groups excluding carboxylic acids is 1. The molecule has 3 N–H and O–H groups in total. The molecule has 0 bridgehead atoms. The van der Waals surface area contributed by atoms with E-state index in [9.17, 15) is 4.79 Å². The van der Waals surface area contributed by atoms with Gasteiger partial charge in [-0.3, -0.25) is 4.79 Å². The van der Waals surface area contributed by atoms with Crippen LogP contribution in [0.25, 0.3) is 0 Å². The van der Waals surface area contributed by atoms with Crippen LogP contribution in [-0.4, -0.2) is 13.0 Å². The number of anilines is 1. The first-order chi connectivity index (χ1) is 10.7. The van der Waals surface area contributed by atoms with Gasteiger partial charge in [0.25, 0.3) is 0 Å². The van der Waals surface area contributed by atoms with Gasteiger partial charge in [-0.1, -0.05) is 30.3 Å². The third kappa shape index (κ3) is 2.83. The topological polar surface area (TPSA) is 64.3 Å². The molecule has 4 heteroatoms. The van der Waals surface area contributed by atoms with E-state index in [-0.39, 0.29) is 11.9 Å². The first-order valence-electron chi connectivity index (χ1n) is 7.50. The number of benzene rings is 2. The standard InChI is InChI=1S/C18H20N2O2/c1-22-16-7-3-2-6-14(16)18(19)13-9-10-15-12(11-13)5-4-8-17(21)20-15/h2-3,6-7,9-11,18H,4-5,8,19H2,1H3,(H,20,21). The molecule has 0 aliphatic carbocycles. The lowest BCUT2D eigenvalue weighted by molar-refractivity contribution is -0.116. The fourth-order valence-electron chi connectivity index (χ4n) is 2.89. The summed E-state index contributed by atoms with van der Waals surface area (Å²) in [6, 6.07) is 13.6. The third-order valence-electron chi connectivity index (χ3n) is 4.09. The lowest BCUT2D eigenvalue weighted by Gasteiger charge is -2.18. The Morgan fingerprint density at radius 2 is 2.00 bits per heavy atom. The molecule has 1 aliphatic rings. The predicted molar refractivity (Wildman–Crippen MR) is 87.0 cm³/mol. The van der Waals surface area contributed by atoms with Crippen molar-refractivity contribution in [3.63, 3.8) is 0 Å². The zero-order chi connectivity index (χ0) is 15.5. The van der Waals surface area contributed by atoms with Crippen LogP contribution in [0.3, 0.4) is 0 Å². The highest BCUT2D eigenvalue weighted by Crippen LogP contribution is 2.31. The molecule has 114 valence electrons. The second-order valence-electron chi connectivity index (χ2n) is 5.54. The Balaban J connectivity index is 1.95. The van der Waals surface area contributed by atoms with Crippen LogP contribution in [0.15, 0.2) is 42.5 Å². The van der Waals surface area contributed by atoms with Gasteiger partial charge in [0.2, 0.25) is 5.91 Å².